The lowest BCUT2D eigenvalue weighted by molar-refractivity contribution is -0.132. The molecule has 0 spiro atoms. The molecule has 2 aromatic carbocycles. The summed E-state index contributed by atoms with van der Waals surface area (Å²) >= 11 is 0. The normalized spacial score (nSPS) is 15.9. The maximum Gasteiger partial charge on any atom is 0.223 e. The SMILES string of the molecule is COc1ccc(C(C)CC(=O)N2CCC(Cc3ccccc3)CC2)c(OC)c1. The van der Waals surface area contributed by atoms with Crippen molar-refractivity contribution in [3.8, 4) is 11.5 Å². The van der Waals surface area contributed by atoms with Crippen molar-refractivity contribution >= 4 is 5.91 Å². The van der Waals surface area contributed by atoms with Gasteiger partial charge in [0.1, 0.15) is 11.5 Å². The summed E-state index contributed by atoms with van der Waals surface area (Å²) in [6.45, 7) is 3.82. The van der Waals surface area contributed by atoms with E-state index in [4.69, 9.17) is 9.47 Å². The Morgan fingerprint density at radius 3 is 2.43 bits per heavy atom. The molecule has 1 amide bonds. The molecular formula is C24H31NO3. The fourth-order valence-electron chi connectivity index (χ4n) is 4.06. The Kier molecular flexibility index (Phi) is 6.96. The summed E-state index contributed by atoms with van der Waals surface area (Å²) in [6.07, 6.45) is 3.79. The van der Waals surface area contributed by atoms with Crippen molar-refractivity contribution in [2.45, 2.75) is 38.5 Å². The smallest absolute Gasteiger partial charge is 0.223 e. The second-order valence-electron chi connectivity index (χ2n) is 7.73. The summed E-state index contributed by atoms with van der Waals surface area (Å²) in [4.78, 5) is 14.9. The van der Waals surface area contributed by atoms with Crippen LogP contribution in [0.1, 0.15) is 43.2 Å². The summed E-state index contributed by atoms with van der Waals surface area (Å²) in [5.41, 5.74) is 2.45. The first-order valence-corrected chi connectivity index (χ1v) is 10.1. The number of piperidine rings is 1. The average Bonchev–Trinajstić information content (AvgIpc) is 2.74. The quantitative estimate of drug-likeness (QED) is 0.699. The van der Waals surface area contributed by atoms with E-state index in [1.807, 2.05) is 23.1 Å². The molecule has 1 atom stereocenters. The van der Waals surface area contributed by atoms with Crippen LogP contribution in [0.4, 0.5) is 0 Å². The molecule has 0 saturated carbocycles. The molecule has 150 valence electrons. The number of likely N-dealkylation sites (tertiary alicyclic amines) is 1. The van der Waals surface area contributed by atoms with Crippen molar-refractivity contribution in [1.29, 1.82) is 0 Å². The van der Waals surface area contributed by atoms with E-state index in [1.54, 1.807) is 14.2 Å². The third-order valence-electron chi connectivity index (χ3n) is 5.79. The highest BCUT2D eigenvalue weighted by molar-refractivity contribution is 5.77. The van der Waals surface area contributed by atoms with Gasteiger partial charge in [0.2, 0.25) is 5.91 Å². The molecule has 28 heavy (non-hydrogen) atoms. The van der Waals surface area contributed by atoms with Crippen LogP contribution in [0.2, 0.25) is 0 Å². The Bertz CT molecular complexity index is 767. The van der Waals surface area contributed by atoms with E-state index in [1.165, 1.54) is 5.56 Å². The van der Waals surface area contributed by atoms with E-state index in [9.17, 15) is 4.79 Å². The number of rotatable bonds is 7. The van der Waals surface area contributed by atoms with Crippen LogP contribution in [0.5, 0.6) is 11.5 Å². The number of methoxy groups -OCH3 is 2. The molecule has 0 aliphatic carbocycles. The molecule has 0 N–H and O–H groups in total. The molecule has 1 aliphatic rings. The van der Waals surface area contributed by atoms with Crippen LogP contribution in [-0.4, -0.2) is 38.1 Å². The van der Waals surface area contributed by atoms with Crippen LogP contribution >= 0.6 is 0 Å². The van der Waals surface area contributed by atoms with Gasteiger partial charge < -0.3 is 14.4 Å². The summed E-state index contributed by atoms with van der Waals surface area (Å²) in [5.74, 6) is 2.56. The van der Waals surface area contributed by atoms with E-state index in [2.05, 4.69) is 37.3 Å². The van der Waals surface area contributed by atoms with Crippen molar-refractivity contribution in [1.82, 2.24) is 4.90 Å². The van der Waals surface area contributed by atoms with Gasteiger partial charge in [-0.3, -0.25) is 4.79 Å². The van der Waals surface area contributed by atoms with Gasteiger partial charge in [-0.15, -0.1) is 0 Å². The Hall–Kier alpha value is -2.49. The van der Waals surface area contributed by atoms with Crippen LogP contribution < -0.4 is 9.47 Å². The summed E-state index contributed by atoms with van der Waals surface area (Å²) in [6, 6.07) is 16.5. The third kappa shape index (κ3) is 5.06. The van der Waals surface area contributed by atoms with Gasteiger partial charge in [-0.1, -0.05) is 43.3 Å². The topological polar surface area (TPSA) is 38.8 Å². The van der Waals surface area contributed by atoms with E-state index < -0.39 is 0 Å². The standard InChI is InChI=1S/C24H31NO3/c1-18(22-10-9-21(27-2)17-23(22)28-3)15-24(26)25-13-11-20(12-14-25)16-19-7-5-4-6-8-19/h4-10,17-18,20H,11-16H2,1-3H3. The zero-order valence-corrected chi connectivity index (χ0v) is 17.2. The molecule has 1 saturated heterocycles. The van der Waals surface area contributed by atoms with Crippen molar-refractivity contribution < 1.29 is 14.3 Å². The lowest BCUT2D eigenvalue weighted by Gasteiger charge is -2.33. The zero-order valence-electron chi connectivity index (χ0n) is 17.2. The summed E-state index contributed by atoms with van der Waals surface area (Å²) < 4.78 is 10.8. The first-order valence-electron chi connectivity index (χ1n) is 10.1. The van der Waals surface area contributed by atoms with Crippen LogP contribution in [0, 0.1) is 5.92 Å². The molecule has 3 rings (SSSR count). The molecule has 0 radical (unpaired) electrons. The number of benzene rings is 2. The molecule has 1 aliphatic heterocycles. The van der Waals surface area contributed by atoms with Crippen molar-refractivity contribution in [3.05, 3.63) is 59.7 Å². The molecule has 0 aromatic heterocycles. The lowest BCUT2D eigenvalue weighted by Crippen LogP contribution is -2.39. The van der Waals surface area contributed by atoms with Crippen LogP contribution in [-0.2, 0) is 11.2 Å². The Labute approximate surface area is 168 Å². The van der Waals surface area contributed by atoms with Gasteiger partial charge in [-0.25, -0.2) is 0 Å². The second-order valence-corrected chi connectivity index (χ2v) is 7.73. The third-order valence-corrected chi connectivity index (χ3v) is 5.79. The van der Waals surface area contributed by atoms with E-state index in [-0.39, 0.29) is 11.8 Å². The monoisotopic (exact) mass is 381 g/mol. The highest BCUT2D eigenvalue weighted by atomic mass is 16.5. The minimum Gasteiger partial charge on any atom is -0.497 e. The minimum absolute atomic E-state index is 0.107. The molecule has 1 unspecified atom stereocenters. The van der Waals surface area contributed by atoms with Gasteiger partial charge in [0.05, 0.1) is 14.2 Å². The van der Waals surface area contributed by atoms with Gasteiger partial charge in [0, 0.05) is 25.6 Å². The lowest BCUT2D eigenvalue weighted by atomic mass is 9.89. The van der Waals surface area contributed by atoms with Gasteiger partial charge in [0.15, 0.2) is 0 Å². The number of nitrogens with zero attached hydrogens (tertiary/aromatic N) is 1. The Balaban J connectivity index is 1.53. The van der Waals surface area contributed by atoms with Crippen LogP contribution in [0.3, 0.4) is 0 Å². The zero-order chi connectivity index (χ0) is 19.9. The van der Waals surface area contributed by atoms with E-state index in [0.717, 1.165) is 49.4 Å². The Morgan fingerprint density at radius 1 is 1.07 bits per heavy atom. The fraction of sp³-hybridized carbons (Fsp3) is 0.458. The van der Waals surface area contributed by atoms with Gasteiger partial charge in [0.25, 0.3) is 0 Å². The van der Waals surface area contributed by atoms with Crippen molar-refractivity contribution in [2.24, 2.45) is 5.92 Å². The number of amides is 1. The number of hydrogen-bond acceptors (Lipinski definition) is 3. The first-order chi connectivity index (χ1) is 13.6. The largest absolute Gasteiger partial charge is 0.497 e. The summed E-state index contributed by atoms with van der Waals surface area (Å²) in [7, 11) is 3.30. The maximum atomic E-state index is 12.8. The highest BCUT2D eigenvalue weighted by Crippen LogP contribution is 2.33. The molecule has 0 bridgehead atoms. The minimum atomic E-state index is 0.107. The van der Waals surface area contributed by atoms with Crippen molar-refractivity contribution in [2.75, 3.05) is 27.3 Å². The molecule has 2 aromatic rings. The van der Waals surface area contributed by atoms with Crippen LogP contribution in [0.25, 0.3) is 0 Å². The van der Waals surface area contributed by atoms with Crippen molar-refractivity contribution in [3.63, 3.8) is 0 Å². The predicted octanol–water partition coefficient (Wildman–Crippen LogP) is 4.68. The van der Waals surface area contributed by atoms with E-state index >= 15 is 0 Å². The molecular weight excluding hydrogens is 350 g/mol. The maximum absolute atomic E-state index is 12.8. The number of carbonyl (C=O) groups excluding carboxylic acids is 1. The van der Waals surface area contributed by atoms with Crippen LogP contribution in [0.15, 0.2) is 48.5 Å². The second kappa shape index (κ2) is 9.63. The number of ether oxygens (including phenoxy) is 2. The van der Waals surface area contributed by atoms with Gasteiger partial charge >= 0.3 is 0 Å². The predicted molar refractivity (Wildman–Crippen MR) is 112 cm³/mol. The molecule has 1 heterocycles. The van der Waals surface area contributed by atoms with Gasteiger partial charge in [-0.05, 0) is 48.3 Å². The molecule has 4 heteroatoms. The Morgan fingerprint density at radius 2 is 1.79 bits per heavy atom. The number of carbonyl (C=O) groups is 1. The highest BCUT2D eigenvalue weighted by Gasteiger charge is 2.25. The number of hydrogen-bond donors (Lipinski definition) is 0. The fourth-order valence-corrected chi connectivity index (χ4v) is 4.06. The van der Waals surface area contributed by atoms with E-state index in [0.29, 0.717) is 12.3 Å². The summed E-state index contributed by atoms with van der Waals surface area (Å²) in [5, 5.41) is 0. The molecule has 4 nitrogen and oxygen atoms in total. The average molecular weight is 382 g/mol. The van der Waals surface area contributed by atoms with Gasteiger partial charge in [-0.2, -0.15) is 0 Å². The molecule has 1 fully saturated rings. The first kappa shape index (κ1) is 20.2.